The van der Waals surface area contributed by atoms with E-state index >= 15 is 0 Å². The normalized spacial score (nSPS) is 15.3. The minimum Gasteiger partial charge on any atom is -0.478 e. The fourth-order valence-electron chi connectivity index (χ4n) is 2.48. The fraction of sp³-hybridized carbons (Fsp3) is 0.333. The summed E-state index contributed by atoms with van der Waals surface area (Å²) in [5, 5.41) is 19.5. The number of nitro benzene ring substituents is 1. The van der Waals surface area contributed by atoms with Crippen LogP contribution in [0.5, 0.6) is 0 Å². The van der Waals surface area contributed by atoms with Gasteiger partial charge in [-0.05, 0) is 25.3 Å². The average molecular weight is 357 g/mol. The van der Waals surface area contributed by atoms with Gasteiger partial charge in [-0.2, -0.15) is 0 Å². The van der Waals surface area contributed by atoms with Gasteiger partial charge in [-0.25, -0.2) is 9.18 Å². The van der Waals surface area contributed by atoms with E-state index in [1.54, 1.807) is 0 Å². The highest BCUT2D eigenvalue weighted by molar-refractivity contribution is 6.31. The molecule has 0 saturated heterocycles. The summed E-state index contributed by atoms with van der Waals surface area (Å²) >= 11 is 5.55. The molecule has 1 N–H and O–H groups in total. The minimum atomic E-state index is -1.27. The van der Waals surface area contributed by atoms with E-state index in [1.165, 1.54) is 0 Å². The quantitative estimate of drug-likeness (QED) is 0.478. The van der Waals surface area contributed by atoms with Crippen molar-refractivity contribution < 1.29 is 24.0 Å². The molecular weight excluding hydrogens is 343 g/mol. The van der Waals surface area contributed by atoms with Crippen molar-refractivity contribution in [1.82, 2.24) is 4.90 Å². The SMILES string of the molecule is CCC1(N(C=CC(=O)O)C(=O)c2cc(F)c(Cl)cc2[N+](=O)[O-])CC1. The van der Waals surface area contributed by atoms with Crippen LogP contribution in [0.4, 0.5) is 10.1 Å². The molecule has 1 aliphatic carbocycles. The lowest BCUT2D eigenvalue weighted by Crippen LogP contribution is -2.38. The standard InChI is InChI=1S/C15H14ClFN2O5/c1-2-15(4-5-15)18(6-3-13(20)21)14(22)9-7-11(17)10(16)8-12(9)19(23)24/h3,6-8H,2,4-5H2,1H3,(H,20,21). The molecule has 0 spiro atoms. The Morgan fingerprint density at radius 1 is 1.50 bits per heavy atom. The smallest absolute Gasteiger partial charge is 0.329 e. The molecule has 0 bridgehead atoms. The van der Waals surface area contributed by atoms with Gasteiger partial charge in [0.2, 0.25) is 0 Å². The van der Waals surface area contributed by atoms with Gasteiger partial charge in [0.15, 0.2) is 0 Å². The molecule has 128 valence electrons. The first-order chi connectivity index (χ1) is 11.2. The van der Waals surface area contributed by atoms with Gasteiger partial charge in [-0.1, -0.05) is 18.5 Å². The fourth-order valence-corrected chi connectivity index (χ4v) is 2.63. The Bertz CT molecular complexity index is 746. The van der Waals surface area contributed by atoms with E-state index in [0.717, 1.165) is 23.2 Å². The second-order valence-electron chi connectivity index (χ2n) is 5.45. The van der Waals surface area contributed by atoms with Crippen molar-refractivity contribution in [3.8, 4) is 0 Å². The van der Waals surface area contributed by atoms with Crippen LogP contribution >= 0.6 is 11.6 Å². The summed E-state index contributed by atoms with van der Waals surface area (Å²) in [6.07, 6.45) is 3.63. The Kier molecular flexibility index (Phi) is 4.88. The van der Waals surface area contributed by atoms with E-state index in [2.05, 4.69) is 0 Å². The second kappa shape index (κ2) is 6.56. The van der Waals surface area contributed by atoms with Crippen LogP contribution in [0.25, 0.3) is 0 Å². The molecule has 1 aromatic rings. The molecular formula is C15H14ClFN2O5. The monoisotopic (exact) mass is 356 g/mol. The van der Waals surface area contributed by atoms with Gasteiger partial charge in [0.25, 0.3) is 11.6 Å². The van der Waals surface area contributed by atoms with Crippen molar-refractivity contribution in [3.63, 3.8) is 0 Å². The molecule has 1 aromatic carbocycles. The van der Waals surface area contributed by atoms with Gasteiger partial charge in [-0.15, -0.1) is 0 Å². The van der Waals surface area contributed by atoms with Crippen molar-refractivity contribution in [1.29, 1.82) is 0 Å². The van der Waals surface area contributed by atoms with E-state index in [4.69, 9.17) is 16.7 Å². The third-order valence-corrected chi connectivity index (χ3v) is 4.34. The molecule has 2 rings (SSSR count). The summed E-state index contributed by atoms with van der Waals surface area (Å²) in [6.45, 7) is 1.82. The van der Waals surface area contributed by atoms with Crippen molar-refractivity contribution in [2.75, 3.05) is 0 Å². The van der Waals surface area contributed by atoms with Gasteiger partial charge in [0.05, 0.1) is 9.95 Å². The maximum absolute atomic E-state index is 13.7. The molecule has 1 fully saturated rings. The molecule has 24 heavy (non-hydrogen) atoms. The summed E-state index contributed by atoms with van der Waals surface area (Å²) in [6, 6.07) is 1.48. The van der Waals surface area contributed by atoms with E-state index in [-0.39, 0.29) is 0 Å². The summed E-state index contributed by atoms with van der Waals surface area (Å²) in [5.41, 5.74) is -1.71. The zero-order chi connectivity index (χ0) is 18.1. The third-order valence-electron chi connectivity index (χ3n) is 4.05. The largest absolute Gasteiger partial charge is 0.478 e. The maximum Gasteiger partial charge on any atom is 0.329 e. The highest BCUT2D eigenvalue weighted by atomic mass is 35.5. The van der Waals surface area contributed by atoms with E-state index in [9.17, 15) is 24.1 Å². The Labute approximate surface area is 141 Å². The van der Waals surface area contributed by atoms with Gasteiger partial charge >= 0.3 is 5.97 Å². The van der Waals surface area contributed by atoms with Crippen molar-refractivity contribution >= 4 is 29.2 Å². The predicted molar refractivity (Wildman–Crippen MR) is 83.3 cm³/mol. The second-order valence-corrected chi connectivity index (χ2v) is 5.85. The lowest BCUT2D eigenvalue weighted by molar-refractivity contribution is -0.385. The van der Waals surface area contributed by atoms with Gasteiger partial charge in [0.1, 0.15) is 11.4 Å². The molecule has 1 saturated carbocycles. The number of rotatable bonds is 6. The summed E-state index contributed by atoms with van der Waals surface area (Å²) < 4.78 is 13.7. The number of amides is 1. The third kappa shape index (κ3) is 3.38. The summed E-state index contributed by atoms with van der Waals surface area (Å²) in [7, 11) is 0. The van der Waals surface area contributed by atoms with Crippen LogP contribution < -0.4 is 0 Å². The Balaban J connectivity index is 2.52. The molecule has 0 radical (unpaired) electrons. The van der Waals surface area contributed by atoms with Crippen LogP contribution in [-0.4, -0.2) is 32.3 Å². The molecule has 9 heteroatoms. The zero-order valence-corrected chi connectivity index (χ0v) is 13.4. The Hall–Kier alpha value is -2.48. The topological polar surface area (TPSA) is 101 Å². The number of nitro groups is 1. The van der Waals surface area contributed by atoms with E-state index in [1.807, 2.05) is 6.92 Å². The average Bonchev–Trinajstić information content (AvgIpc) is 3.30. The minimum absolute atomic E-state index is 0.470. The Morgan fingerprint density at radius 2 is 2.12 bits per heavy atom. The van der Waals surface area contributed by atoms with Gasteiger partial charge < -0.3 is 10.0 Å². The van der Waals surface area contributed by atoms with Crippen LogP contribution in [0.2, 0.25) is 5.02 Å². The number of carbonyl (C=O) groups excluding carboxylic acids is 1. The first-order valence-electron chi connectivity index (χ1n) is 7.10. The van der Waals surface area contributed by atoms with Crippen LogP contribution in [0.1, 0.15) is 36.5 Å². The number of hydrogen-bond donors (Lipinski definition) is 1. The van der Waals surface area contributed by atoms with Crippen LogP contribution in [-0.2, 0) is 4.79 Å². The number of hydrogen-bond acceptors (Lipinski definition) is 4. The van der Waals surface area contributed by atoms with Crippen LogP contribution in [0, 0.1) is 15.9 Å². The molecule has 1 amide bonds. The molecule has 7 nitrogen and oxygen atoms in total. The van der Waals surface area contributed by atoms with Crippen LogP contribution in [0.15, 0.2) is 24.4 Å². The maximum atomic E-state index is 13.7. The number of benzene rings is 1. The van der Waals surface area contributed by atoms with E-state index < -0.39 is 44.4 Å². The summed E-state index contributed by atoms with van der Waals surface area (Å²) in [4.78, 5) is 35.0. The highest BCUT2D eigenvalue weighted by Gasteiger charge is 2.48. The van der Waals surface area contributed by atoms with Gasteiger partial charge in [0, 0.05) is 23.9 Å². The molecule has 0 aliphatic heterocycles. The van der Waals surface area contributed by atoms with E-state index in [0.29, 0.717) is 25.3 Å². The molecule has 0 atom stereocenters. The van der Waals surface area contributed by atoms with Crippen molar-refractivity contribution in [3.05, 3.63) is 50.9 Å². The molecule has 1 aliphatic rings. The number of carboxylic acids is 1. The number of nitrogens with zero attached hydrogens (tertiary/aromatic N) is 2. The molecule has 0 heterocycles. The number of halogens is 2. The van der Waals surface area contributed by atoms with Crippen LogP contribution in [0.3, 0.4) is 0 Å². The van der Waals surface area contributed by atoms with Gasteiger partial charge in [-0.3, -0.25) is 14.9 Å². The Morgan fingerprint density at radius 3 is 2.58 bits per heavy atom. The zero-order valence-electron chi connectivity index (χ0n) is 12.7. The first kappa shape index (κ1) is 17.9. The number of carbonyl (C=O) groups is 2. The lowest BCUT2D eigenvalue weighted by Gasteiger charge is -2.28. The van der Waals surface area contributed by atoms with Crippen molar-refractivity contribution in [2.45, 2.75) is 31.7 Å². The summed E-state index contributed by atoms with van der Waals surface area (Å²) in [5.74, 6) is -3.07. The lowest BCUT2D eigenvalue weighted by atomic mass is 10.1. The van der Waals surface area contributed by atoms with Crippen molar-refractivity contribution in [2.24, 2.45) is 0 Å². The highest BCUT2D eigenvalue weighted by Crippen LogP contribution is 2.46. The predicted octanol–water partition coefficient (Wildman–Crippen LogP) is 3.37. The molecule has 0 aromatic heterocycles. The number of carboxylic acid groups (broad SMARTS) is 1. The number of aliphatic carboxylic acids is 1. The first-order valence-corrected chi connectivity index (χ1v) is 7.48. The molecule has 0 unspecified atom stereocenters.